The van der Waals surface area contributed by atoms with E-state index in [0.717, 1.165) is 12.8 Å². The van der Waals surface area contributed by atoms with Crippen molar-refractivity contribution in [2.24, 2.45) is 11.3 Å². The van der Waals surface area contributed by atoms with Crippen molar-refractivity contribution in [2.45, 2.75) is 46.5 Å². The van der Waals surface area contributed by atoms with Crippen LogP contribution in [-0.2, 0) is 4.79 Å². The van der Waals surface area contributed by atoms with Crippen molar-refractivity contribution in [1.82, 2.24) is 0 Å². The van der Waals surface area contributed by atoms with Crippen molar-refractivity contribution in [3.63, 3.8) is 0 Å². The van der Waals surface area contributed by atoms with Crippen LogP contribution in [0, 0.1) is 11.3 Å². The topological polar surface area (TPSA) is 37.3 Å². The Balaban J connectivity index is 2.89. The molecule has 1 saturated carbocycles. The summed E-state index contributed by atoms with van der Waals surface area (Å²) >= 11 is 0. The van der Waals surface area contributed by atoms with Crippen LogP contribution in [-0.4, -0.2) is 11.1 Å². The maximum absolute atomic E-state index is 10.8. The number of aliphatic carboxylic acids is 1. The highest BCUT2D eigenvalue weighted by Gasteiger charge is 2.35. The first-order valence-corrected chi connectivity index (χ1v) is 5.41. The Kier molecular flexibility index (Phi) is 3.35. The first-order chi connectivity index (χ1) is 6.48. The van der Waals surface area contributed by atoms with Crippen LogP contribution in [0.15, 0.2) is 11.6 Å². The molecule has 2 nitrogen and oxygen atoms in total. The third-order valence-electron chi connectivity index (χ3n) is 3.53. The van der Waals surface area contributed by atoms with E-state index in [9.17, 15) is 4.79 Å². The van der Waals surface area contributed by atoms with Gasteiger partial charge in [0.05, 0.1) is 0 Å². The van der Waals surface area contributed by atoms with E-state index >= 15 is 0 Å². The number of carbonyl (C=O) groups is 1. The number of carboxylic acids is 1. The van der Waals surface area contributed by atoms with Crippen molar-refractivity contribution in [2.75, 3.05) is 0 Å². The molecule has 1 N–H and O–H groups in total. The van der Waals surface area contributed by atoms with E-state index in [1.165, 1.54) is 12.8 Å². The molecule has 0 aromatic carbocycles. The highest BCUT2D eigenvalue weighted by molar-refractivity contribution is 5.85. The van der Waals surface area contributed by atoms with Crippen molar-refractivity contribution in [3.8, 4) is 0 Å². The van der Waals surface area contributed by atoms with E-state index in [2.05, 4.69) is 13.8 Å². The summed E-state index contributed by atoms with van der Waals surface area (Å²) in [6.07, 6.45) is 6.76. The number of rotatable bonds is 3. The third-order valence-corrected chi connectivity index (χ3v) is 3.53. The lowest BCUT2D eigenvalue weighted by molar-refractivity contribution is -0.132. The lowest BCUT2D eigenvalue weighted by atomic mass is 9.74. The predicted molar refractivity (Wildman–Crippen MR) is 57.1 cm³/mol. The van der Waals surface area contributed by atoms with Gasteiger partial charge in [-0.25, -0.2) is 4.79 Å². The van der Waals surface area contributed by atoms with Gasteiger partial charge in [0.2, 0.25) is 0 Å². The van der Waals surface area contributed by atoms with Crippen LogP contribution >= 0.6 is 0 Å². The lowest BCUT2D eigenvalue weighted by Gasteiger charge is -2.30. The highest BCUT2D eigenvalue weighted by Crippen LogP contribution is 2.46. The van der Waals surface area contributed by atoms with Gasteiger partial charge in [0.25, 0.3) is 0 Å². The van der Waals surface area contributed by atoms with Gasteiger partial charge in [0, 0.05) is 5.57 Å². The minimum atomic E-state index is -0.781. The van der Waals surface area contributed by atoms with Crippen molar-refractivity contribution in [1.29, 1.82) is 0 Å². The zero-order valence-corrected chi connectivity index (χ0v) is 9.34. The van der Waals surface area contributed by atoms with Gasteiger partial charge in [-0.3, -0.25) is 0 Å². The largest absolute Gasteiger partial charge is 0.478 e. The summed E-state index contributed by atoms with van der Waals surface area (Å²) < 4.78 is 0. The van der Waals surface area contributed by atoms with Crippen LogP contribution in [0.25, 0.3) is 0 Å². The number of hydrogen-bond donors (Lipinski definition) is 1. The summed E-state index contributed by atoms with van der Waals surface area (Å²) in [4.78, 5) is 10.8. The number of allylic oxidation sites excluding steroid dienone is 1. The Morgan fingerprint density at radius 3 is 2.21 bits per heavy atom. The van der Waals surface area contributed by atoms with Crippen LogP contribution < -0.4 is 0 Å². The maximum Gasteiger partial charge on any atom is 0.330 e. The summed E-state index contributed by atoms with van der Waals surface area (Å²) in [7, 11) is 0. The molecule has 1 aliphatic carbocycles. The van der Waals surface area contributed by atoms with Gasteiger partial charge in [-0.15, -0.1) is 0 Å². The first kappa shape index (κ1) is 11.3. The molecule has 0 unspecified atom stereocenters. The Labute approximate surface area is 86.0 Å². The summed E-state index contributed by atoms with van der Waals surface area (Å²) in [5.41, 5.74) is 0.656. The molecule has 0 spiro atoms. The molecule has 2 heteroatoms. The molecule has 1 rings (SSSR count). The molecule has 0 heterocycles. The Morgan fingerprint density at radius 2 is 1.86 bits per heavy atom. The maximum atomic E-state index is 10.8. The second-order valence-electron chi connectivity index (χ2n) is 4.73. The third kappa shape index (κ3) is 2.17. The lowest BCUT2D eigenvalue weighted by Crippen LogP contribution is -2.22. The van der Waals surface area contributed by atoms with Gasteiger partial charge in [-0.2, -0.15) is 0 Å². The summed E-state index contributed by atoms with van der Waals surface area (Å²) in [6, 6.07) is 0. The van der Waals surface area contributed by atoms with E-state index in [0.29, 0.717) is 11.5 Å². The monoisotopic (exact) mass is 196 g/mol. The Morgan fingerprint density at radius 1 is 1.36 bits per heavy atom. The molecule has 1 aliphatic rings. The van der Waals surface area contributed by atoms with Gasteiger partial charge in [0.1, 0.15) is 0 Å². The average molecular weight is 196 g/mol. The van der Waals surface area contributed by atoms with E-state index < -0.39 is 5.97 Å². The van der Waals surface area contributed by atoms with Gasteiger partial charge in [-0.05, 0) is 31.1 Å². The van der Waals surface area contributed by atoms with Gasteiger partial charge < -0.3 is 5.11 Å². The van der Waals surface area contributed by atoms with Crippen molar-refractivity contribution in [3.05, 3.63) is 11.6 Å². The van der Waals surface area contributed by atoms with Gasteiger partial charge in [-0.1, -0.05) is 32.8 Å². The molecule has 0 aliphatic heterocycles. The normalized spacial score (nSPS) is 21.6. The molecule has 14 heavy (non-hydrogen) atoms. The fraction of sp³-hybridized carbons (Fsp3) is 0.750. The average Bonchev–Trinajstić information content (AvgIpc) is 2.53. The smallest absolute Gasteiger partial charge is 0.330 e. The van der Waals surface area contributed by atoms with Gasteiger partial charge in [0.15, 0.2) is 0 Å². The SMILES string of the molecule is CC(=CC1(C(C)C)CCCC1)C(=O)O. The van der Waals surface area contributed by atoms with Crippen molar-refractivity contribution >= 4 is 5.97 Å². The summed E-state index contributed by atoms with van der Waals surface area (Å²) in [6.45, 7) is 6.08. The van der Waals surface area contributed by atoms with Crippen molar-refractivity contribution < 1.29 is 9.90 Å². The summed E-state index contributed by atoms with van der Waals surface area (Å²) in [5.74, 6) is -0.240. The van der Waals surface area contributed by atoms with E-state index in [4.69, 9.17) is 5.11 Å². The quantitative estimate of drug-likeness (QED) is 0.703. The molecule has 0 aromatic rings. The molecule has 0 aromatic heterocycles. The Bertz CT molecular complexity index is 245. The molecular weight excluding hydrogens is 176 g/mol. The van der Waals surface area contributed by atoms with E-state index in [1.807, 2.05) is 6.08 Å². The fourth-order valence-electron chi connectivity index (χ4n) is 2.41. The zero-order chi connectivity index (χ0) is 10.8. The second kappa shape index (κ2) is 4.16. The molecular formula is C12H20O2. The first-order valence-electron chi connectivity index (χ1n) is 5.41. The van der Waals surface area contributed by atoms with Gasteiger partial charge >= 0.3 is 5.97 Å². The molecule has 80 valence electrons. The van der Waals surface area contributed by atoms with E-state index in [1.54, 1.807) is 6.92 Å². The second-order valence-corrected chi connectivity index (χ2v) is 4.73. The van der Waals surface area contributed by atoms with Crippen LogP contribution in [0.3, 0.4) is 0 Å². The zero-order valence-electron chi connectivity index (χ0n) is 9.34. The van der Waals surface area contributed by atoms with E-state index in [-0.39, 0.29) is 5.41 Å². The molecule has 0 bridgehead atoms. The number of hydrogen-bond acceptors (Lipinski definition) is 1. The standard InChI is InChI=1S/C12H20O2/c1-9(2)12(6-4-5-7-12)8-10(3)11(13)14/h8-9H,4-7H2,1-3H3,(H,13,14). The molecule has 0 saturated heterocycles. The molecule has 0 atom stereocenters. The highest BCUT2D eigenvalue weighted by atomic mass is 16.4. The van der Waals surface area contributed by atoms with Crippen LogP contribution in [0.4, 0.5) is 0 Å². The Hall–Kier alpha value is -0.790. The van der Waals surface area contributed by atoms with Crippen LogP contribution in [0.5, 0.6) is 0 Å². The number of carboxylic acid groups (broad SMARTS) is 1. The van der Waals surface area contributed by atoms with Crippen LogP contribution in [0.1, 0.15) is 46.5 Å². The fourth-order valence-corrected chi connectivity index (χ4v) is 2.41. The minimum Gasteiger partial charge on any atom is -0.478 e. The summed E-state index contributed by atoms with van der Waals surface area (Å²) in [5, 5.41) is 8.87. The minimum absolute atomic E-state index is 0.155. The molecule has 0 amide bonds. The van der Waals surface area contributed by atoms with Crippen LogP contribution in [0.2, 0.25) is 0 Å². The molecule has 1 fully saturated rings. The molecule has 0 radical (unpaired) electrons. The predicted octanol–water partition coefficient (Wildman–Crippen LogP) is 3.23.